The quantitative estimate of drug-likeness (QED) is 0.147. The van der Waals surface area contributed by atoms with Crippen LogP contribution in [0.5, 0.6) is 0 Å². The molecule has 6 N–H and O–H groups in total. The second-order valence-electron chi connectivity index (χ2n) is 10.9. The molecule has 0 aliphatic rings. The monoisotopic (exact) mass is 547 g/mol. The average Bonchev–Trinajstić information content (AvgIpc) is 2.92. The summed E-state index contributed by atoms with van der Waals surface area (Å²) in [5.74, 6) is -0.874. The number of hydrogen-bond donors (Lipinski definition) is 5. The number of nitrogens with two attached hydrogens (primary N) is 1. The maximum atomic E-state index is 13.2. The Kier molecular flexibility index (Phi) is 14.0. The van der Waals surface area contributed by atoms with Crippen LogP contribution in [0.1, 0.15) is 92.6 Å². The first-order valence-corrected chi connectivity index (χ1v) is 14.0. The molecule has 0 bridgehead atoms. The summed E-state index contributed by atoms with van der Waals surface area (Å²) in [7, 11) is 0. The van der Waals surface area contributed by atoms with Crippen LogP contribution < -0.4 is 27.0 Å². The largest absolute Gasteiger partial charge is 0.460 e. The minimum atomic E-state index is -0.811. The summed E-state index contributed by atoms with van der Waals surface area (Å²) < 4.78 is 5.42. The number of primary amides is 1. The van der Waals surface area contributed by atoms with E-state index in [9.17, 15) is 19.2 Å². The fraction of sp³-hybridized carbons (Fsp3) is 0.655. The van der Waals surface area contributed by atoms with Gasteiger partial charge < -0.3 is 31.7 Å². The van der Waals surface area contributed by atoms with E-state index in [1.807, 2.05) is 27.7 Å². The number of ether oxygens (including phenoxy) is 1. The van der Waals surface area contributed by atoms with E-state index in [4.69, 9.17) is 10.5 Å². The minimum absolute atomic E-state index is 0.141. The highest BCUT2D eigenvalue weighted by atomic mass is 16.5. The van der Waals surface area contributed by atoms with Gasteiger partial charge in [0, 0.05) is 17.8 Å². The Balaban J connectivity index is 2.90. The molecule has 10 heteroatoms. The fourth-order valence-electron chi connectivity index (χ4n) is 3.69. The summed E-state index contributed by atoms with van der Waals surface area (Å²) in [4.78, 5) is 49.6. The van der Waals surface area contributed by atoms with E-state index in [1.54, 1.807) is 24.3 Å². The van der Waals surface area contributed by atoms with Crippen molar-refractivity contribution in [1.29, 1.82) is 0 Å². The fourth-order valence-corrected chi connectivity index (χ4v) is 3.69. The van der Waals surface area contributed by atoms with Crippen molar-refractivity contribution in [3.05, 3.63) is 29.8 Å². The standard InChI is InChI=1S/C29H49N5O5/c1-8-22(34-29(7,10-3)11-4)24(35)33-23(13-12-18-31-27(30)38)25(36)32-21-16-14-20(15-17-21)19-39-26(37)28(5,6)9-2/h14-17,22-23,34H,8-13,18-19H2,1-7H3,(H,32,36)(H,33,35)(H3,30,31,38)/t22-,23-/m0/s1. The molecule has 1 aromatic carbocycles. The zero-order valence-corrected chi connectivity index (χ0v) is 24.7. The molecule has 4 amide bonds. The van der Waals surface area contributed by atoms with Gasteiger partial charge in [0.05, 0.1) is 11.5 Å². The molecule has 1 rings (SSSR count). The van der Waals surface area contributed by atoms with Gasteiger partial charge in [0.2, 0.25) is 11.8 Å². The lowest BCUT2D eigenvalue weighted by Gasteiger charge is -2.33. The molecular formula is C29H49N5O5. The third-order valence-corrected chi connectivity index (χ3v) is 7.44. The van der Waals surface area contributed by atoms with Crippen molar-refractivity contribution < 1.29 is 23.9 Å². The van der Waals surface area contributed by atoms with Crippen LogP contribution in [-0.2, 0) is 25.7 Å². The van der Waals surface area contributed by atoms with Crippen LogP contribution in [0.2, 0.25) is 0 Å². The summed E-state index contributed by atoms with van der Waals surface area (Å²) in [5, 5.41) is 11.7. The lowest BCUT2D eigenvalue weighted by atomic mass is 9.91. The lowest BCUT2D eigenvalue weighted by molar-refractivity contribution is -0.155. The molecule has 0 aliphatic carbocycles. The number of anilines is 1. The molecular weight excluding hydrogens is 498 g/mol. The minimum Gasteiger partial charge on any atom is -0.460 e. The number of carbonyl (C=O) groups excluding carboxylic acids is 4. The van der Waals surface area contributed by atoms with Crippen LogP contribution >= 0.6 is 0 Å². The van der Waals surface area contributed by atoms with Gasteiger partial charge in [-0.25, -0.2) is 4.79 Å². The molecule has 1 aromatic rings. The van der Waals surface area contributed by atoms with E-state index in [2.05, 4.69) is 42.0 Å². The third-order valence-electron chi connectivity index (χ3n) is 7.44. The van der Waals surface area contributed by atoms with Crippen molar-refractivity contribution in [1.82, 2.24) is 16.0 Å². The Labute approximate surface area is 233 Å². The van der Waals surface area contributed by atoms with Gasteiger partial charge in [-0.3, -0.25) is 14.4 Å². The lowest BCUT2D eigenvalue weighted by Crippen LogP contribution is -2.56. The summed E-state index contributed by atoms with van der Waals surface area (Å²) >= 11 is 0. The SMILES string of the molecule is CC[C@H](NC(C)(CC)CC)C(=O)N[C@@H](CCCNC(N)=O)C(=O)Nc1ccc(COC(=O)C(C)(C)CC)cc1. The second-order valence-corrected chi connectivity index (χ2v) is 10.9. The van der Waals surface area contributed by atoms with E-state index in [1.165, 1.54) is 0 Å². The maximum absolute atomic E-state index is 13.2. The first-order valence-electron chi connectivity index (χ1n) is 14.0. The topological polar surface area (TPSA) is 152 Å². The van der Waals surface area contributed by atoms with E-state index in [-0.39, 0.29) is 36.5 Å². The zero-order valence-electron chi connectivity index (χ0n) is 24.7. The average molecular weight is 548 g/mol. The number of amides is 4. The van der Waals surface area contributed by atoms with Crippen molar-refractivity contribution >= 4 is 29.5 Å². The predicted octanol–water partition coefficient (Wildman–Crippen LogP) is 3.98. The molecule has 0 aliphatic heterocycles. The van der Waals surface area contributed by atoms with Gasteiger partial charge >= 0.3 is 12.0 Å². The van der Waals surface area contributed by atoms with Crippen LogP contribution in [0.3, 0.4) is 0 Å². The van der Waals surface area contributed by atoms with Gasteiger partial charge in [-0.15, -0.1) is 0 Å². The molecule has 0 spiro atoms. The highest BCUT2D eigenvalue weighted by molar-refractivity contribution is 5.97. The third kappa shape index (κ3) is 11.6. The number of carbonyl (C=O) groups is 4. The highest BCUT2D eigenvalue weighted by Gasteiger charge is 2.30. The summed E-state index contributed by atoms with van der Waals surface area (Å²) in [6, 6.07) is 5.10. The molecule has 39 heavy (non-hydrogen) atoms. The number of rotatable bonds is 17. The molecule has 0 radical (unpaired) electrons. The van der Waals surface area contributed by atoms with Gasteiger partial charge in [-0.05, 0) is 77.0 Å². The van der Waals surface area contributed by atoms with E-state index >= 15 is 0 Å². The molecule has 220 valence electrons. The highest BCUT2D eigenvalue weighted by Crippen LogP contribution is 2.22. The van der Waals surface area contributed by atoms with Gasteiger partial charge in [0.15, 0.2) is 0 Å². The smallest absolute Gasteiger partial charge is 0.312 e. The second kappa shape index (κ2) is 16.1. The van der Waals surface area contributed by atoms with E-state index < -0.39 is 23.5 Å². The van der Waals surface area contributed by atoms with E-state index in [0.29, 0.717) is 31.4 Å². The number of esters is 1. The van der Waals surface area contributed by atoms with Crippen molar-refractivity contribution in [2.24, 2.45) is 11.1 Å². The van der Waals surface area contributed by atoms with Gasteiger partial charge in [-0.2, -0.15) is 0 Å². The maximum Gasteiger partial charge on any atom is 0.312 e. The Morgan fingerprint density at radius 1 is 0.897 bits per heavy atom. The molecule has 10 nitrogen and oxygen atoms in total. The molecule has 0 aromatic heterocycles. The summed E-state index contributed by atoms with van der Waals surface area (Å²) in [5.41, 5.74) is 5.75. The first-order chi connectivity index (χ1) is 18.3. The van der Waals surface area contributed by atoms with Crippen molar-refractivity contribution in [3.8, 4) is 0 Å². The number of hydrogen-bond acceptors (Lipinski definition) is 6. The molecule has 0 saturated carbocycles. The summed E-state index contributed by atoms with van der Waals surface area (Å²) in [6.45, 7) is 14.2. The summed E-state index contributed by atoms with van der Waals surface area (Å²) in [6.07, 6.45) is 3.74. The number of benzene rings is 1. The normalized spacial score (nSPS) is 13.2. The van der Waals surface area contributed by atoms with E-state index in [0.717, 1.165) is 18.4 Å². The van der Waals surface area contributed by atoms with Crippen LogP contribution in [0.4, 0.5) is 10.5 Å². The Morgan fingerprint density at radius 2 is 1.51 bits per heavy atom. The van der Waals surface area contributed by atoms with Gasteiger partial charge in [-0.1, -0.05) is 39.8 Å². The van der Waals surface area contributed by atoms with Crippen LogP contribution in [0.25, 0.3) is 0 Å². The van der Waals surface area contributed by atoms with Gasteiger partial charge in [0.25, 0.3) is 0 Å². The Bertz CT molecular complexity index is 944. The van der Waals surface area contributed by atoms with Crippen molar-refractivity contribution in [2.45, 2.75) is 111 Å². The van der Waals surface area contributed by atoms with Crippen LogP contribution in [-0.4, -0.2) is 48.0 Å². The van der Waals surface area contributed by atoms with Crippen LogP contribution in [0, 0.1) is 5.41 Å². The van der Waals surface area contributed by atoms with Gasteiger partial charge in [0.1, 0.15) is 12.6 Å². The van der Waals surface area contributed by atoms with Crippen molar-refractivity contribution in [3.63, 3.8) is 0 Å². The zero-order chi connectivity index (χ0) is 29.6. The molecule has 0 heterocycles. The Hall–Kier alpha value is -3.14. The number of urea groups is 1. The predicted molar refractivity (Wildman–Crippen MR) is 154 cm³/mol. The Morgan fingerprint density at radius 3 is 2.03 bits per heavy atom. The molecule has 2 atom stereocenters. The first kappa shape index (κ1) is 33.9. The molecule has 0 unspecified atom stereocenters. The molecule has 0 fully saturated rings. The van der Waals surface area contributed by atoms with Crippen molar-refractivity contribution in [2.75, 3.05) is 11.9 Å². The van der Waals surface area contributed by atoms with Crippen LogP contribution in [0.15, 0.2) is 24.3 Å². The molecule has 0 saturated heterocycles. The number of nitrogens with one attached hydrogen (secondary N) is 4.